The van der Waals surface area contributed by atoms with Crippen LogP contribution in [-0.2, 0) is 13.0 Å². The average Bonchev–Trinajstić information content (AvgIpc) is 3.14. The SMILES string of the molecule is O=C1S[C@H](CCCCc2ccc(F)cc2)[C@@H](c2ccc(CO)cc2O)N1c1ccccc1. The minimum Gasteiger partial charge on any atom is -0.508 e. The Morgan fingerprint density at radius 2 is 1.66 bits per heavy atom. The maximum Gasteiger partial charge on any atom is 0.287 e. The minimum atomic E-state index is -0.298. The predicted octanol–water partition coefficient (Wildman–Crippen LogP) is 6.22. The summed E-state index contributed by atoms with van der Waals surface area (Å²) in [5.41, 5.74) is 3.22. The number of para-hydroxylation sites is 1. The second-order valence-corrected chi connectivity index (χ2v) is 9.19. The van der Waals surface area contributed by atoms with Gasteiger partial charge in [0, 0.05) is 16.5 Å². The first-order chi connectivity index (χ1) is 15.6. The highest BCUT2D eigenvalue weighted by Crippen LogP contribution is 2.48. The van der Waals surface area contributed by atoms with E-state index in [4.69, 9.17) is 0 Å². The third-order valence-corrected chi connectivity index (χ3v) is 7.02. The zero-order chi connectivity index (χ0) is 22.5. The number of hydrogen-bond acceptors (Lipinski definition) is 4. The van der Waals surface area contributed by atoms with Gasteiger partial charge in [0.1, 0.15) is 11.6 Å². The lowest BCUT2D eigenvalue weighted by Crippen LogP contribution is -2.29. The number of halogens is 1. The highest BCUT2D eigenvalue weighted by atomic mass is 32.2. The molecule has 6 heteroatoms. The Balaban J connectivity index is 1.53. The summed E-state index contributed by atoms with van der Waals surface area (Å²) in [7, 11) is 0. The van der Waals surface area contributed by atoms with Crippen molar-refractivity contribution in [1.82, 2.24) is 0 Å². The zero-order valence-electron chi connectivity index (χ0n) is 17.7. The monoisotopic (exact) mass is 451 g/mol. The molecule has 3 aromatic carbocycles. The number of carbonyl (C=O) groups excluding carboxylic acids is 1. The molecule has 0 bridgehead atoms. The number of aliphatic hydroxyl groups excluding tert-OH is 1. The molecule has 1 saturated heterocycles. The van der Waals surface area contributed by atoms with Crippen molar-refractivity contribution >= 4 is 22.7 Å². The van der Waals surface area contributed by atoms with Crippen LogP contribution in [0.5, 0.6) is 5.75 Å². The molecule has 1 aliphatic heterocycles. The number of phenols is 1. The van der Waals surface area contributed by atoms with Gasteiger partial charge < -0.3 is 10.2 Å². The van der Waals surface area contributed by atoms with Crippen molar-refractivity contribution in [2.75, 3.05) is 4.90 Å². The molecule has 32 heavy (non-hydrogen) atoms. The number of unbranched alkanes of at least 4 members (excludes halogenated alkanes) is 1. The van der Waals surface area contributed by atoms with E-state index in [0.717, 1.165) is 36.9 Å². The number of amides is 1. The first kappa shape index (κ1) is 22.4. The molecule has 3 aromatic rings. The Hall–Kier alpha value is -2.83. The molecule has 2 atom stereocenters. The van der Waals surface area contributed by atoms with E-state index >= 15 is 0 Å². The van der Waals surface area contributed by atoms with Crippen LogP contribution in [0.2, 0.25) is 0 Å². The molecule has 4 rings (SSSR count). The van der Waals surface area contributed by atoms with Crippen LogP contribution in [0.4, 0.5) is 14.9 Å². The minimum absolute atomic E-state index is 0.0122. The Morgan fingerprint density at radius 3 is 2.34 bits per heavy atom. The van der Waals surface area contributed by atoms with Crippen LogP contribution in [0.25, 0.3) is 0 Å². The first-order valence-corrected chi connectivity index (χ1v) is 11.7. The number of carbonyl (C=O) groups is 1. The Morgan fingerprint density at radius 1 is 0.938 bits per heavy atom. The Kier molecular flexibility index (Phi) is 7.12. The summed E-state index contributed by atoms with van der Waals surface area (Å²) < 4.78 is 13.1. The normalized spacial score (nSPS) is 18.3. The van der Waals surface area contributed by atoms with Crippen molar-refractivity contribution in [1.29, 1.82) is 0 Å². The first-order valence-electron chi connectivity index (χ1n) is 10.8. The number of hydrogen-bond donors (Lipinski definition) is 2. The topological polar surface area (TPSA) is 60.8 Å². The molecular formula is C26H26FNO3S. The molecule has 0 saturated carbocycles. The molecule has 1 fully saturated rings. The molecule has 2 N–H and O–H groups in total. The highest BCUT2D eigenvalue weighted by Gasteiger charge is 2.43. The van der Waals surface area contributed by atoms with E-state index in [9.17, 15) is 19.4 Å². The molecule has 0 spiro atoms. The predicted molar refractivity (Wildman–Crippen MR) is 126 cm³/mol. The van der Waals surface area contributed by atoms with E-state index in [-0.39, 0.29) is 34.7 Å². The number of aromatic hydroxyl groups is 1. The van der Waals surface area contributed by atoms with Gasteiger partial charge in [-0.1, -0.05) is 60.6 Å². The summed E-state index contributed by atoms with van der Waals surface area (Å²) in [6.45, 7) is -0.151. The van der Waals surface area contributed by atoms with Gasteiger partial charge in [-0.25, -0.2) is 4.39 Å². The average molecular weight is 452 g/mol. The number of thioether (sulfide) groups is 1. The van der Waals surface area contributed by atoms with Crippen molar-refractivity contribution in [2.24, 2.45) is 0 Å². The van der Waals surface area contributed by atoms with E-state index in [1.807, 2.05) is 48.5 Å². The quantitative estimate of drug-likeness (QED) is 0.399. The van der Waals surface area contributed by atoms with Crippen molar-refractivity contribution in [3.05, 3.63) is 95.3 Å². The number of nitrogens with zero attached hydrogens (tertiary/aromatic N) is 1. The van der Waals surface area contributed by atoms with E-state index < -0.39 is 0 Å². The van der Waals surface area contributed by atoms with Gasteiger partial charge >= 0.3 is 0 Å². The molecule has 0 unspecified atom stereocenters. The largest absolute Gasteiger partial charge is 0.508 e. The summed E-state index contributed by atoms with van der Waals surface area (Å²) in [6.07, 6.45) is 3.52. The van der Waals surface area contributed by atoms with Gasteiger partial charge in [-0.05, 0) is 60.7 Å². The Labute approximate surface area is 191 Å². The van der Waals surface area contributed by atoms with E-state index in [1.165, 1.54) is 23.9 Å². The van der Waals surface area contributed by atoms with Gasteiger partial charge in [-0.3, -0.25) is 9.69 Å². The Bertz CT molecular complexity index is 1060. The van der Waals surface area contributed by atoms with Gasteiger partial charge in [0.15, 0.2) is 0 Å². The van der Waals surface area contributed by atoms with Crippen LogP contribution >= 0.6 is 11.8 Å². The molecule has 166 valence electrons. The highest BCUT2D eigenvalue weighted by molar-refractivity contribution is 8.14. The van der Waals surface area contributed by atoms with Crippen LogP contribution in [0.3, 0.4) is 0 Å². The fourth-order valence-corrected chi connectivity index (χ4v) is 5.48. The number of rotatable bonds is 8. The lowest BCUT2D eigenvalue weighted by molar-refractivity contribution is 0.264. The van der Waals surface area contributed by atoms with Crippen LogP contribution in [0, 0.1) is 5.82 Å². The summed E-state index contributed by atoms with van der Waals surface area (Å²) in [5.74, 6) is -0.139. The molecular weight excluding hydrogens is 425 g/mol. The van der Waals surface area contributed by atoms with Gasteiger partial charge in [-0.2, -0.15) is 0 Å². The third kappa shape index (κ3) is 4.97. The van der Waals surface area contributed by atoms with Crippen LogP contribution < -0.4 is 4.90 Å². The van der Waals surface area contributed by atoms with E-state index in [2.05, 4.69) is 0 Å². The lowest BCUT2D eigenvalue weighted by atomic mass is 9.95. The molecule has 1 heterocycles. The second kappa shape index (κ2) is 10.2. The second-order valence-electron chi connectivity index (χ2n) is 8.00. The molecule has 0 aliphatic carbocycles. The summed E-state index contributed by atoms with van der Waals surface area (Å²) in [6, 6.07) is 21.0. The van der Waals surface area contributed by atoms with Crippen molar-refractivity contribution < 1.29 is 19.4 Å². The van der Waals surface area contributed by atoms with Crippen LogP contribution in [-0.4, -0.2) is 20.7 Å². The maximum absolute atomic E-state index is 13.1. The molecule has 4 nitrogen and oxygen atoms in total. The number of phenolic OH excluding ortho intramolecular Hbond substituents is 1. The van der Waals surface area contributed by atoms with Crippen molar-refractivity contribution in [2.45, 2.75) is 43.6 Å². The lowest BCUT2D eigenvalue weighted by Gasteiger charge is -2.28. The molecule has 0 radical (unpaired) electrons. The summed E-state index contributed by atoms with van der Waals surface area (Å²) in [4.78, 5) is 14.8. The fraction of sp³-hybridized carbons (Fsp3) is 0.269. The van der Waals surface area contributed by atoms with Crippen molar-refractivity contribution in [3.8, 4) is 5.75 Å². The third-order valence-electron chi connectivity index (χ3n) is 5.83. The van der Waals surface area contributed by atoms with Gasteiger partial charge in [0.05, 0.1) is 12.6 Å². The smallest absolute Gasteiger partial charge is 0.287 e. The van der Waals surface area contributed by atoms with E-state index in [1.54, 1.807) is 17.0 Å². The molecule has 1 amide bonds. The number of benzene rings is 3. The van der Waals surface area contributed by atoms with Crippen LogP contribution in [0.15, 0.2) is 72.8 Å². The van der Waals surface area contributed by atoms with Gasteiger partial charge in [0.25, 0.3) is 5.24 Å². The molecule has 0 aromatic heterocycles. The standard InChI is InChI=1S/C26H26FNO3S/c27-20-13-10-18(11-14-20)6-4-5-9-24-25(22-15-12-19(17-29)16-23(22)30)28(26(31)32-24)21-7-2-1-3-8-21/h1-3,7-8,10-16,24-25,29-30H,4-6,9,17H2/t24-,25-/m1/s1. The van der Waals surface area contributed by atoms with Crippen LogP contribution in [0.1, 0.15) is 42.0 Å². The number of aliphatic hydroxyl groups is 1. The number of aryl methyl sites for hydroxylation is 1. The molecule has 1 aliphatic rings. The van der Waals surface area contributed by atoms with Crippen molar-refractivity contribution in [3.63, 3.8) is 0 Å². The number of anilines is 1. The maximum atomic E-state index is 13.1. The summed E-state index contributed by atoms with van der Waals surface area (Å²) >= 11 is 1.32. The van der Waals surface area contributed by atoms with Gasteiger partial charge in [-0.15, -0.1) is 0 Å². The fourth-order valence-electron chi connectivity index (χ4n) is 4.20. The zero-order valence-corrected chi connectivity index (χ0v) is 18.5. The van der Waals surface area contributed by atoms with E-state index in [0.29, 0.717) is 11.1 Å². The van der Waals surface area contributed by atoms with Gasteiger partial charge in [0.2, 0.25) is 0 Å². The summed E-state index contributed by atoms with van der Waals surface area (Å²) in [5, 5.41) is 20.1.